The first kappa shape index (κ1) is 22.1. The zero-order valence-electron chi connectivity index (χ0n) is 16.6. The number of methoxy groups -OCH3 is 1. The molecule has 0 atom stereocenters. The first-order valence-corrected chi connectivity index (χ1v) is 10.6. The largest absolute Gasteiger partial charge is 0.493 e. The molecule has 0 saturated carbocycles. The quantitative estimate of drug-likeness (QED) is 0.391. The maximum absolute atomic E-state index is 11.1. The normalized spacial score (nSPS) is 12.0. The van der Waals surface area contributed by atoms with Gasteiger partial charge in [0.15, 0.2) is 11.5 Å². The molecule has 3 aromatic rings. The zero-order valence-corrected chi connectivity index (χ0v) is 17.5. The molecule has 31 heavy (non-hydrogen) atoms. The molecular weight excluding hydrogens is 420 g/mol. The van der Waals surface area contributed by atoms with Crippen molar-refractivity contribution in [2.75, 3.05) is 12.8 Å². The summed E-state index contributed by atoms with van der Waals surface area (Å²) >= 11 is 0. The minimum atomic E-state index is -4.14. The highest BCUT2D eigenvalue weighted by molar-refractivity contribution is 7.84. The number of aromatic amines is 1. The van der Waals surface area contributed by atoms with Crippen LogP contribution in [0.5, 0.6) is 11.5 Å². The van der Waals surface area contributed by atoms with Crippen molar-refractivity contribution in [3.8, 4) is 11.5 Å². The summed E-state index contributed by atoms with van der Waals surface area (Å²) in [7, 11) is -2.74. The second kappa shape index (κ2) is 9.47. The van der Waals surface area contributed by atoms with E-state index in [1.165, 1.54) is 13.2 Å². The van der Waals surface area contributed by atoms with Crippen molar-refractivity contribution in [2.45, 2.75) is 6.61 Å². The average molecular weight is 442 g/mol. The molecule has 0 spiro atoms. The number of nitrogens with zero attached hydrogens (tertiary/aromatic N) is 1. The summed E-state index contributed by atoms with van der Waals surface area (Å²) in [5.41, 5.74) is 10.1. The molecule has 0 amide bonds. The fourth-order valence-corrected chi connectivity index (χ4v) is 3.13. The summed E-state index contributed by atoms with van der Waals surface area (Å²) in [4.78, 5) is 0. The van der Waals surface area contributed by atoms with Gasteiger partial charge in [0.25, 0.3) is 0 Å². The smallest absolute Gasteiger partial charge is 0.380 e. The lowest BCUT2D eigenvalue weighted by Crippen LogP contribution is -2.19. The van der Waals surface area contributed by atoms with Crippen LogP contribution in [-0.2, 0) is 16.9 Å². The fourth-order valence-electron chi connectivity index (χ4n) is 2.74. The molecule has 1 heterocycles. The van der Waals surface area contributed by atoms with Crippen LogP contribution < -0.4 is 19.8 Å². The molecule has 0 saturated heterocycles. The monoisotopic (exact) mass is 442 g/mol. The SMILES string of the molecule is COc1cc(C=Cc2cc(C=Cc3ccc(N)c(CO)c3)n[nH]2)ccc1OS(N)(=O)=O. The van der Waals surface area contributed by atoms with E-state index in [9.17, 15) is 13.5 Å². The van der Waals surface area contributed by atoms with Crippen molar-refractivity contribution in [1.29, 1.82) is 0 Å². The Labute approximate surface area is 179 Å². The van der Waals surface area contributed by atoms with E-state index in [1.54, 1.807) is 24.3 Å². The minimum Gasteiger partial charge on any atom is -0.493 e. The van der Waals surface area contributed by atoms with E-state index in [0.717, 1.165) is 22.5 Å². The number of hydrogen-bond acceptors (Lipinski definition) is 7. The van der Waals surface area contributed by atoms with Crippen molar-refractivity contribution in [3.05, 3.63) is 70.5 Å². The third-order valence-corrected chi connectivity index (χ3v) is 4.66. The van der Waals surface area contributed by atoms with Gasteiger partial charge in [-0.3, -0.25) is 5.10 Å². The van der Waals surface area contributed by atoms with Crippen LogP contribution >= 0.6 is 0 Å². The second-order valence-corrected chi connectivity index (χ2v) is 7.67. The van der Waals surface area contributed by atoms with E-state index in [1.807, 2.05) is 36.4 Å². The molecule has 9 nitrogen and oxygen atoms in total. The standard InChI is InChI=1S/C21H22N4O5S/c1-29-21-11-15(5-9-20(21)30-31(23,27)28)3-7-18-12-17(24-25-18)6-2-14-4-8-19(22)16(10-14)13-26/h2-12,26H,13,22H2,1H3,(H,24,25)(H2,23,27,28). The van der Waals surface area contributed by atoms with Gasteiger partial charge in [0.2, 0.25) is 0 Å². The van der Waals surface area contributed by atoms with Crippen molar-refractivity contribution >= 4 is 40.3 Å². The molecule has 0 fully saturated rings. The van der Waals surface area contributed by atoms with Crippen LogP contribution in [0, 0.1) is 0 Å². The van der Waals surface area contributed by atoms with Crippen molar-refractivity contribution < 1.29 is 22.4 Å². The first-order chi connectivity index (χ1) is 14.8. The Hall–Kier alpha value is -3.60. The summed E-state index contributed by atoms with van der Waals surface area (Å²) in [6, 6.07) is 12.0. The van der Waals surface area contributed by atoms with E-state index in [4.69, 9.17) is 15.6 Å². The second-order valence-electron chi connectivity index (χ2n) is 6.52. The Kier molecular flexibility index (Phi) is 6.75. The van der Waals surface area contributed by atoms with Crippen LogP contribution in [-0.4, -0.2) is 30.8 Å². The maximum atomic E-state index is 11.1. The van der Waals surface area contributed by atoms with Gasteiger partial charge >= 0.3 is 10.3 Å². The molecule has 3 rings (SSSR count). The Morgan fingerprint density at radius 3 is 2.45 bits per heavy atom. The lowest BCUT2D eigenvalue weighted by Gasteiger charge is -2.08. The first-order valence-electron chi connectivity index (χ1n) is 9.08. The van der Waals surface area contributed by atoms with E-state index in [0.29, 0.717) is 11.3 Å². The highest BCUT2D eigenvalue weighted by Crippen LogP contribution is 2.29. The number of benzene rings is 2. The number of nitrogens with two attached hydrogens (primary N) is 2. The Morgan fingerprint density at radius 1 is 1.03 bits per heavy atom. The van der Waals surface area contributed by atoms with E-state index in [-0.39, 0.29) is 18.1 Å². The lowest BCUT2D eigenvalue weighted by atomic mass is 10.1. The third kappa shape index (κ3) is 6.19. The van der Waals surface area contributed by atoms with Gasteiger partial charge in [-0.2, -0.15) is 18.7 Å². The van der Waals surface area contributed by atoms with Crippen LogP contribution in [0.4, 0.5) is 5.69 Å². The van der Waals surface area contributed by atoms with Crippen LogP contribution in [0.15, 0.2) is 42.5 Å². The molecule has 10 heteroatoms. The van der Waals surface area contributed by atoms with Gasteiger partial charge in [-0.1, -0.05) is 24.3 Å². The van der Waals surface area contributed by atoms with Gasteiger partial charge in [0.1, 0.15) is 0 Å². The maximum Gasteiger partial charge on any atom is 0.380 e. The topological polar surface area (TPSA) is 154 Å². The predicted octanol–water partition coefficient (Wildman–Crippen LogP) is 2.42. The average Bonchev–Trinajstić information content (AvgIpc) is 3.19. The van der Waals surface area contributed by atoms with Gasteiger partial charge in [-0.25, -0.2) is 0 Å². The molecule has 0 aliphatic heterocycles. The lowest BCUT2D eigenvalue weighted by molar-refractivity contribution is 0.282. The number of rotatable bonds is 8. The Balaban J connectivity index is 1.72. The van der Waals surface area contributed by atoms with Crippen LogP contribution in [0.1, 0.15) is 28.1 Å². The number of ether oxygens (including phenoxy) is 1. The highest BCUT2D eigenvalue weighted by atomic mass is 32.2. The number of aliphatic hydroxyl groups is 1. The Bertz CT molecular complexity index is 1230. The molecule has 0 unspecified atom stereocenters. The molecule has 0 bridgehead atoms. The predicted molar refractivity (Wildman–Crippen MR) is 120 cm³/mol. The van der Waals surface area contributed by atoms with Gasteiger partial charge in [-0.15, -0.1) is 0 Å². The van der Waals surface area contributed by atoms with E-state index in [2.05, 4.69) is 14.4 Å². The molecule has 6 N–H and O–H groups in total. The van der Waals surface area contributed by atoms with Crippen molar-refractivity contribution in [2.24, 2.45) is 5.14 Å². The number of nitrogen functional groups attached to an aromatic ring is 1. The van der Waals surface area contributed by atoms with Gasteiger partial charge in [0, 0.05) is 11.3 Å². The van der Waals surface area contributed by atoms with Crippen LogP contribution in [0.3, 0.4) is 0 Å². The summed E-state index contributed by atoms with van der Waals surface area (Å²) in [6.07, 6.45) is 7.32. The summed E-state index contributed by atoms with van der Waals surface area (Å²) < 4.78 is 32.1. The molecule has 0 aliphatic rings. The summed E-state index contributed by atoms with van der Waals surface area (Å²) in [6.45, 7) is -0.120. The molecule has 1 aromatic heterocycles. The third-order valence-electron chi connectivity index (χ3n) is 4.25. The van der Waals surface area contributed by atoms with Gasteiger partial charge in [0.05, 0.1) is 25.1 Å². The molecular formula is C21H22N4O5S. The van der Waals surface area contributed by atoms with Gasteiger partial charge in [-0.05, 0) is 53.6 Å². The number of hydrogen-bond donors (Lipinski definition) is 4. The van der Waals surface area contributed by atoms with Crippen molar-refractivity contribution in [3.63, 3.8) is 0 Å². The summed E-state index contributed by atoms with van der Waals surface area (Å²) in [5, 5.41) is 21.3. The molecule has 0 aliphatic carbocycles. The molecule has 162 valence electrons. The van der Waals surface area contributed by atoms with E-state index < -0.39 is 10.3 Å². The number of anilines is 1. The zero-order chi connectivity index (χ0) is 22.4. The fraction of sp³-hybridized carbons (Fsp3) is 0.0952. The number of nitrogens with one attached hydrogen (secondary N) is 1. The highest BCUT2D eigenvalue weighted by Gasteiger charge is 2.11. The van der Waals surface area contributed by atoms with E-state index >= 15 is 0 Å². The number of aliphatic hydroxyl groups excluding tert-OH is 1. The Morgan fingerprint density at radius 2 is 1.74 bits per heavy atom. The van der Waals surface area contributed by atoms with Crippen LogP contribution in [0.2, 0.25) is 0 Å². The number of aromatic nitrogens is 2. The van der Waals surface area contributed by atoms with Crippen LogP contribution in [0.25, 0.3) is 24.3 Å². The molecule has 0 radical (unpaired) electrons. The minimum absolute atomic E-state index is 0.00291. The van der Waals surface area contributed by atoms with Gasteiger partial charge < -0.3 is 19.8 Å². The number of H-pyrrole nitrogens is 1. The molecule has 2 aromatic carbocycles. The van der Waals surface area contributed by atoms with Crippen molar-refractivity contribution in [1.82, 2.24) is 10.2 Å². The summed E-state index contributed by atoms with van der Waals surface area (Å²) in [5.74, 6) is 0.235.